The van der Waals surface area contributed by atoms with Crippen LogP contribution in [0.25, 0.3) is 0 Å². The highest BCUT2D eigenvalue weighted by Crippen LogP contribution is 2.41. The molecule has 1 fully saturated rings. The highest BCUT2D eigenvalue weighted by molar-refractivity contribution is 5.50. The minimum atomic E-state index is -0.104. The lowest BCUT2D eigenvalue weighted by Crippen LogP contribution is -2.28. The molecule has 0 amide bonds. The van der Waals surface area contributed by atoms with Crippen molar-refractivity contribution in [3.05, 3.63) is 23.8 Å². The second kappa shape index (κ2) is 4.47. The van der Waals surface area contributed by atoms with Crippen LogP contribution in [0.2, 0.25) is 0 Å². The van der Waals surface area contributed by atoms with Crippen molar-refractivity contribution in [2.24, 2.45) is 0 Å². The summed E-state index contributed by atoms with van der Waals surface area (Å²) in [4.78, 5) is 0. The first-order valence-electron chi connectivity index (χ1n) is 6.81. The fourth-order valence-corrected chi connectivity index (χ4v) is 2.79. The first-order valence-corrected chi connectivity index (χ1v) is 6.81. The number of para-hydroxylation sites is 1. The van der Waals surface area contributed by atoms with Crippen LogP contribution in [-0.2, 0) is 6.42 Å². The molecular weight excluding hydrogens is 226 g/mol. The number of fused-ring (bicyclic) bond motifs is 1. The summed E-state index contributed by atoms with van der Waals surface area (Å²) in [7, 11) is 0. The molecule has 2 heterocycles. The Morgan fingerprint density at radius 3 is 3.11 bits per heavy atom. The fraction of sp³-hybridized carbons (Fsp3) is 0.600. The van der Waals surface area contributed by atoms with E-state index < -0.39 is 0 Å². The van der Waals surface area contributed by atoms with E-state index in [0.717, 1.165) is 31.1 Å². The van der Waals surface area contributed by atoms with Gasteiger partial charge in [-0.15, -0.1) is 0 Å². The number of ether oxygens (including phenoxy) is 2. The van der Waals surface area contributed by atoms with E-state index in [4.69, 9.17) is 9.47 Å². The van der Waals surface area contributed by atoms with Crippen LogP contribution in [0.1, 0.15) is 32.3 Å². The summed E-state index contributed by atoms with van der Waals surface area (Å²) >= 11 is 0. The Bertz CT molecular complexity index is 436. The third kappa shape index (κ3) is 2.32. The van der Waals surface area contributed by atoms with Gasteiger partial charge in [0.25, 0.3) is 0 Å². The predicted octanol–water partition coefficient (Wildman–Crippen LogP) is 2.53. The molecule has 1 atom stereocenters. The van der Waals surface area contributed by atoms with E-state index >= 15 is 0 Å². The molecule has 1 saturated heterocycles. The van der Waals surface area contributed by atoms with Crippen molar-refractivity contribution in [2.75, 3.05) is 13.2 Å². The van der Waals surface area contributed by atoms with Gasteiger partial charge in [-0.3, -0.25) is 0 Å². The first kappa shape index (κ1) is 11.8. The van der Waals surface area contributed by atoms with E-state index in [0.29, 0.717) is 6.04 Å². The Morgan fingerprint density at radius 2 is 2.33 bits per heavy atom. The Kier molecular flexibility index (Phi) is 2.94. The SMILES string of the molecule is CC1(C)Cc2cccc(OCC3CCCN3)c2O1. The first-order chi connectivity index (χ1) is 8.64. The second-order valence-corrected chi connectivity index (χ2v) is 5.89. The molecule has 18 heavy (non-hydrogen) atoms. The highest BCUT2D eigenvalue weighted by Gasteiger charge is 2.32. The third-order valence-corrected chi connectivity index (χ3v) is 3.66. The van der Waals surface area contributed by atoms with Gasteiger partial charge in [-0.05, 0) is 39.3 Å². The Balaban J connectivity index is 1.72. The van der Waals surface area contributed by atoms with Gasteiger partial charge in [0.1, 0.15) is 12.2 Å². The number of hydrogen-bond donors (Lipinski definition) is 1. The summed E-state index contributed by atoms with van der Waals surface area (Å²) in [6.07, 6.45) is 3.42. The number of rotatable bonds is 3. The highest BCUT2D eigenvalue weighted by atomic mass is 16.5. The van der Waals surface area contributed by atoms with Gasteiger partial charge in [0.15, 0.2) is 11.5 Å². The van der Waals surface area contributed by atoms with E-state index in [1.807, 2.05) is 6.07 Å². The second-order valence-electron chi connectivity index (χ2n) is 5.89. The van der Waals surface area contributed by atoms with Crippen LogP contribution in [0, 0.1) is 0 Å². The van der Waals surface area contributed by atoms with E-state index in [-0.39, 0.29) is 5.60 Å². The summed E-state index contributed by atoms with van der Waals surface area (Å²) < 4.78 is 11.9. The summed E-state index contributed by atoms with van der Waals surface area (Å²) in [5, 5.41) is 3.44. The van der Waals surface area contributed by atoms with Gasteiger partial charge in [0.05, 0.1) is 0 Å². The van der Waals surface area contributed by atoms with E-state index in [1.54, 1.807) is 0 Å². The molecule has 3 heteroatoms. The molecule has 0 radical (unpaired) electrons. The van der Waals surface area contributed by atoms with Crippen LogP contribution >= 0.6 is 0 Å². The number of benzene rings is 1. The lowest BCUT2D eigenvalue weighted by molar-refractivity contribution is 0.131. The predicted molar refractivity (Wildman–Crippen MR) is 71.4 cm³/mol. The largest absolute Gasteiger partial charge is 0.488 e. The van der Waals surface area contributed by atoms with Gasteiger partial charge >= 0.3 is 0 Å². The van der Waals surface area contributed by atoms with Gasteiger partial charge < -0.3 is 14.8 Å². The third-order valence-electron chi connectivity index (χ3n) is 3.66. The molecule has 1 aromatic rings. The molecule has 3 rings (SSSR count). The molecule has 3 nitrogen and oxygen atoms in total. The van der Waals surface area contributed by atoms with Crippen LogP contribution in [0.5, 0.6) is 11.5 Å². The van der Waals surface area contributed by atoms with Crippen molar-refractivity contribution >= 4 is 0 Å². The minimum absolute atomic E-state index is 0.104. The van der Waals surface area contributed by atoms with Crippen LogP contribution < -0.4 is 14.8 Å². The van der Waals surface area contributed by atoms with E-state index in [1.165, 1.54) is 18.4 Å². The monoisotopic (exact) mass is 247 g/mol. The zero-order valence-electron chi connectivity index (χ0n) is 11.2. The molecule has 0 spiro atoms. The molecule has 2 aliphatic heterocycles. The summed E-state index contributed by atoms with van der Waals surface area (Å²) in [6, 6.07) is 6.69. The van der Waals surface area contributed by atoms with Crippen molar-refractivity contribution < 1.29 is 9.47 Å². The Labute approximate surface area is 108 Å². The van der Waals surface area contributed by atoms with Crippen LogP contribution in [-0.4, -0.2) is 24.8 Å². The van der Waals surface area contributed by atoms with Crippen LogP contribution in [0.3, 0.4) is 0 Å². The lowest BCUT2D eigenvalue weighted by Gasteiger charge is -2.19. The van der Waals surface area contributed by atoms with Crippen molar-refractivity contribution in [1.82, 2.24) is 5.32 Å². The average Bonchev–Trinajstić information content (AvgIpc) is 2.91. The topological polar surface area (TPSA) is 30.5 Å². The molecule has 0 aromatic heterocycles. The summed E-state index contributed by atoms with van der Waals surface area (Å²) in [5.41, 5.74) is 1.16. The molecule has 1 N–H and O–H groups in total. The zero-order chi connectivity index (χ0) is 12.6. The van der Waals surface area contributed by atoms with Crippen molar-refractivity contribution in [1.29, 1.82) is 0 Å². The molecule has 0 bridgehead atoms. The van der Waals surface area contributed by atoms with Gasteiger partial charge in [0, 0.05) is 18.0 Å². The molecule has 98 valence electrons. The Morgan fingerprint density at radius 1 is 1.44 bits per heavy atom. The fourth-order valence-electron chi connectivity index (χ4n) is 2.79. The van der Waals surface area contributed by atoms with Crippen molar-refractivity contribution in [3.8, 4) is 11.5 Å². The molecule has 1 unspecified atom stereocenters. The molecule has 1 aromatic carbocycles. The standard InChI is InChI=1S/C15H21NO2/c1-15(2)9-11-5-3-7-13(14(11)18-15)17-10-12-6-4-8-16-12/h3,5,7,12,16H,4,6,8-10H2,1-2H3. The van der Waals surface area contributed by atoms with E-state index in [9.17, 15) is 0 Å². The maximum Gasteiger partial charge on any atom is 0.165 e. The van der Waals surface area contributed by atoms with Gasteiger partial charge in [0.2, 0.25) is 0 Å². The summed E-state index contributed by atoms with van der Waals surface area (Å²) in [5.74, 6) is 1.84. The smallest absolute Gasteiger partial charge is 0.165 e. The van der Waals surface area contributed by atoms with Gasteiger partial charge in [-0.2, -0.15) is 0 Å². The number of nitrogens with one attached hydrogen (secondary N) is 1. The van der Waals surface area contributed by atoms with Gasteiger partial charge in [-0.1, -0.05) is 12.1 Å². The minimum Gasteiger partial charge on any atom is -0.488 e. The van der Waals surface area contributed by atoms with Gasteiger partial charge in [-0.25, -0.2) is 0 Å². The van der Waals surface area contributed by atoms with Crippen molar-refractivity contribution in [2.45, 2.75) is 44.8 Å². The number of hydrogen-bond acceptors (Lipinski definition) is 3. The maximum atomic E-state index is 6.00. The normalized spacial score (nSPS) is 24.7. The summed E-state index contributed by atoms with van der Waals surface area (Å²) in [6.45, 7) is 6.09. The van der Waals surface area contributed by atoms with E-state index in [2.05, 4.69) is 31.3 Å². The zero-order valence-corrected chi connectivity index (χ0v) is 11.2. The molecule has 0 aliphatic carbocycles. The molecule has 2 aliphatic rings. The quantitative estimate of drug-likeness (QED) is 0.890. The molecule has 0 saturated carbocycles. The molecular formula is C15H21NO2. The average molecular weight is 247 g/mol. The maximum absolute atomic E-state index is 6.00. The van der Waals surface area contributed by atoms with Crippen molar-refractivity contribution in [3.63, 3.8) is 0 Å². The Hall–Kier alpha value is -1.22. The van der Waals surface area contributed by atoms with Crippen LogP contribution in [0.4, 0.5) is 0 Å². The lowest BCUT2D eigenvalue weighted by atomic mass is 10.0. The van der Waals surface area contributed by atoms with Crippen LogP contribution in [0.15, 0.2) is 18.2 Å².